The van der Waals surface area contributed by atoms with Gasteiger partial charge in [-0.1, -0.05) is 31.0 Å². The van der Waals surface area contributed by atoms with Crippen LogP contribution in [-0.4, -0.2) is 24.5 Å². The molecule has 0 spiro atoms. The van der Waals surface area contributed by atoms with Crippen molar-refractivity contribution in [3.05, 3.63) is 29.8 Å². The van der Waals surface area contributed by atoms with Crippen LogP contribution in [0, 0.1) is 0 Å². The minimum Gasteiger partial charge on any atom is -0.399 e. The molecule has 2 N–H and O–H groups in total. The fourth-order valence-corrected chi connectivity index (χ4v) is 2.81. The molecule has 0 radical (unpaired) electrons. The molecule has 0 saturated heterocycles. The highest BCUT2D eigenvalue weighted by Gasteiger charge is 2.18. The lowest BCUT2D eigenvalue weighted by molar-refractivity contribution is 0.243. The van der Waals surface area contributed by atoms with Gasteiger partial charge in [-0.05, 0) is 50.9 Å². The van der Waals surface area contributed by atoms with Gasteiger partial charge in [0.25, 0.3) is 0 Å². The number of aryl methyl sites for hydroxylation is 1. The third-order valence-corrected chi connectivity index (χ3v) is 3.96. The second-order valence-corrected chi connectivity index (χ2v) is 5.22. The molecule has 2 heteroatoms. The summed E-state index contributed by atoms with van der Waals surface area (Å²) >= 11 is 0. The smallest absolute Gasteiger partial charge is 0.0346 e. The van der Waals surface area contributed by atoms with E-state index in [1.54, 1.807) is 0 Å². The standard InChI is InChI=1S/C15H24N2/c1-17(14-9-3-4-10-14)12-6-8-13-7-2-5-11-15(13)16/h2,5,7,11,14H,3-4,6,8-10,12,16H2,1H3. The van der Waals surface area contributed by atoms with Crippen molar-refractivity contribution in [3.63, 3.8) is 0 Å². The Morgan fingerprint density at radius 1 is 1.24 bits per heavy atom. The molecule has 0 heterocycles. The van der Waals surface area contributed by atoms with E-state index in [-0.39, 0.29) is 0 Å². The zero-order chi connectivity index (χ0) is 12.1. The summed E-state index contributed by atoms with van der Waals surface area (Å²) in [7, 11) is 2.27. The van der Waals surface area contributed by atoms with E-state index >= 15 is 0 Å². The number of benzene rings is 1. The lowest BCUT2D eigenvalue weighted by Crippen LogP contribution is -2.30. The average Bonchev–Trinajstić information content (AvgIpc) is 2.85. The van der Waals surface area contributed by atoms with Gasteiger partial charge in [-0.25, -0.2) is 0 Å². The summed E-state index contributed by atoms with van der Waals surface area (Å²) in [6, 6.07) is 9.06. The summed E-state index contributed by atoms with van der Waals surface area (Å²) in [4.78, 5) is 2.53. The molecule has 0 unspecified atom stereocenters. The zero-order valence-electron chi connectivity index (χ0n) is 10.9. The van der Waals surface area contributed by atoms with Gasteiger partial charge in [-0.3, -0.25) is 0 Å². The molecule has 1 aliphatic rings. The normalized spacial score (nSPS) is 16.8. The van der Waals surface area contributed by atoms with E-state index in [1.807, 2.05) is 12.1 Å². The van der Waals surface area contributed by atoms with Crippen LogP contribution in [0.3, 0.4) is 0 Å². The van der Waals surface area contributed by atoms with Crippen molar-refractivity contribution in [2.24, 2.45) is 0 Å². The molecular weight excluding hydrogens is 208 g/mol. The first-order valence-electron chi connectivity index (χ1n) is 6.81. The van der Waals surface area contributed by atoms with Crippen molar-refractivity contribution >= 4 is 5.69 Å². The number of nitrogens with zero attached hydrogens (tertiary/aromatic N) is 1. The predicted molar refractivity (Wildman–Crippen MR) is 74.1 cm³/mol. The predicted octanol–water partition coefficient (Wildman–Crippen LogP) is 3.08. The Morgan fingerprint density at radius 3 is 2.65 bits per heavy atom. The van der Waals surface area contributed by atoms with Crippen LogP contribution in [0.4, 0.5) is 5.69 Å². The molecule has 1 aromatic rings. The zero-order valence-corrected chi connectivity index (χ0v) is 10.9. The van der Waals surface area contributed by atoms with Crippen LogP contribution in [0.25, 0.3) is 0 Å². The SMILES string of the molecule is CN(CCCc1ccccc1N)C1CCCC1. The average molecular weight is 232 g/mol. The lowest BCUT2D eigenvalue weighted by Gasteiger charge is -2.23. The maximum atomic E-state index is 5.95. The molecule has 1 saturated carbocycles. The van der Waals surface area contributed by atoms with Crippen molar-refractivity contribution in [2.75, 3.05) is 19.3 Å². The number of hydrogen-bond acceptors (Lipinski definition) is 2. The molecule has 0 atom stereocenters. The highest BCUT2D eigenvalue weighted by molar-refractivity contribution is 5.46. The lowest BCUT2D eigenvalue weighted by atomic mass is 10.1. The second kappa shape index (κ2) is 6.06. The topological polar surface area (TPSA) is 29.3 Å². The van der Waals surface area contributed by atoms with E-state index in [9.17, 15) is 0 Å². The Labute approximate surface area is 105 Å². The molecular formula is C15H24N2. The summed E-state index contributed by atoms with van der Waals surface area (Å²) in [5.74, 6) is 0. The Bertz CT molecular complexity index is 343. The number of para-hydroxylation sites is 1. The molecule has 94 valence electrons. The molecule has 2 nitrogen and oxygen atoms in total. The molecule has 1 aliphatic carbocycles. The largest absolute Gasteiger partial charge is 0.399 e. The third-order valence-electron chi connectivity index (χ3n) is 3.96. The molecule has 1 fully saturated rings. The Hall–Kier alpha value is -1.02. The number of hydrogen-bond donors (Lipinski definition) is 1. The first-order chi connectivity index (χ1) is 8.27. The minimum atomic E-state index is 0.836. The first-order valence-corrected chi connectivity index (χ1v) is 6.81. The monoisotopic (exact) mass is 232 g/mol. The first kappa shape index (κ1) is 12.4. The third kappa shape index (κ3) is 3.47. The fraction of sp³-hybridized carbons (Fsp3) is 0.600. The second-order valence-electron chi connectivity index (χ2n) is 5.22. The van der Waals surface area contributed by atoms with Crippen LogP contribution in [0.2, 0.25) is 0 Å². The molecule has 0 aliphatic heterocycles. The number of nitrogens with two attached hydrogens (primary N) is 1. The number of anilines is 1. The highest BCUT2D eigenvalue weighted by Crippen LogP contribution is 2.22. The molecule has 0 aromatic heterocycles. The van der Waals surface area contributed by atoms with Gasteiger partial charge in [0.1, 0.15) is 0 Å². The van der Waals surface area contributed by atoms with Gasteiger partial charge in [0.05, 0.1) is 0 Å². The van der Waals surface area contributed by atoms with Gasteiger partial charge in [-0.2, -0.15) is 0 Å². The van der Waals surface area contributed by atoms with Crippen molar-refractivity contribution in [1.29, 1.82) is 0 Å². The van der Waals surface area contributed by atoms with Crippen LogP contribution in [-0.2, 0) is 6.42 Å². The van der Waals surface area contributed by atoms with Crippen molar-refractivity contribution < 1.29 is 0 Å². The quantitative estimate of drug-likeness (QED) is 0.791. The molecule has 17 heavy (non-hydrogen) atoms. The molecule has 0 bridgehead atoms. The summed E-state index contributed by atoms with van der Waals surface area (Å²) in [6.07, 6.45) is 7.93. The highest BCUT2D eigenvalue weighted by atomic mass is 15.1. The summed E-state index contributed by atoms with van der Waals surface area (Å²) < 4.78 is 0. The maximum Gasteiger partial charge on any atom is 0.0346 e. The van der Waals surface area contributed by atoms with Gasteiger partial charge in [0.2, 0.25) is 0 Å². The van der Waals surface area contributed by atoms with E-state index in [4.69, 9.17) is 5.73 Å². The van der Waals surface area contributed by atoms with Gasteiger partial charge in [0, 0.05) is 11.7 Å². The van der Waals surface area contributed by atoms with Crippen LogP contribution in [0.15, 0.2) is 24.3 Å². The molecule has 0 amide bonds. The van der Waals surface area contributed by atoms with Gasteiger partial charge in [0.15, 0.2) is 0 Å². The van der Waals surface area contributed by atoms with Crippen LogP contribution in [0.5, 0.6) is 0 Å². The minimum absolute atomic E-state index is 0.836. The summed E-state index contributed by atoms with van der Waals surface area (Å²) in [5.41, 5.74) is 8.19. The van der Waals surface area contributed by atoms with Gasteiger partial charge < -0.3 is 10.6 Å². The van der Waals surface area contributed by atoms with Crippen molar-refractivity contribution in [3.8, 4) is 0 Å². The van der Waals surface area contributed by atoms with Crippen LogP contribution < -0.4 is 5.73 Å². The Kier molecular flexibility index (Phi) is 4.43. The van der Waals surface area contributed by atoms with E-state index in [2.05, 4.69) is 24.1 Å². The van der Waals surface area contributed by atoms with E-state index in [1.165, 1.54) is 44.2 Å². The Balaban J connectivity index is 1.74. The summed E-state index contributed by atoms with van der Waals surface area (Å²) in [5, 5.41) is 0. The number of nitrogen functional groups attached to an aromatic ring is 1. The van der Waals surface area contributed by atoms with Crippen molar-refractivity contribution in [1.82, 2.24) is 4.90 Å². The van der Waals surface area contributed by atoms with Crippen molar-refractivity contribution in [2.45, 2.75) is 44.6 Å². The van der Waals surface area contributed by atoms with E-state index < -0.39 is 0 Å². The summed E-state index contributed by atoms with van der Waals surface area (Å²) in [6.45, 7) is 1.19. The molecule has 2 rings (SSSR count). The van der Waals surface area contributed by atoms with Crippen LogP contribution >= 0.6 is 0 Å². The fourth-order valence-electron chi connectivity index (χ4n) is 2.81. The van der Waals surface area contributed by atoms with Gasteiger partial charge in [-0.15, -0.1) is 0 Å². The van der Waals surface area contributed by atoms with Gasteiger partial charge >= 0.3 is 0 Å². The van der Waals surface area contributed by atoms with E-state index in [0.29, 0.717) is 0 Å². The van der Waals surface area contributed by atoms with Crippen LogP contribution in [0.1, 0.15) is 37.7 Å². The Morgan fingerprint density at radius 2 is 1.94 bits per heavy atom. The van der Waals surface area contributed by atoms with E-state index in [0.717, 1.165) is 18.2 Å². The number of rotatable bonds is 5. The maximum absolute atomic E-state index is 5.95. The molecule has 1 aromatic carbocycles.